The number of nitrogens with one attached hydrogen (secondary N) is 2. The van der Waals surface area contributed by atoms with Gasteiger partial charge in [0, 0.05) is 5.54 Å². The molecule has 18 heavy (non-hydrogen) atoms. The van der Waals surface area contributed by atoms with Crippen molar-refractivity contribution in [1.29, 1.82) is 0 Å². The van der Waals surface area contributed by atoms with Crippen molar-refractivity contribution in [2.75, 3.05) is 6.54 Å². The monoisotopic (exact) mass is 269 g/mol. The third-order valence-corrected chi connectivity index (χ3v) is 3.11. The minimum Gasteiger partial charge on any atom is -0.350 e. The van der Waals surface area contributed by atoms with Gasteiger partial charge in [0.15, 0.2) is 0 Å². The second kappa shape index (κ2) is 5.48. The molecule has 1 aromatic heterocycles. The van der Waals surface area contributed by atoms with Gasteiger partial charge in [-0.1, -0.05) is 0 Å². The summed E-state index contributed by atoms with van der Waals surface area (Å²) in [5.74, 6) is -0.447. The predicted molar refractivity (Wildman–Crippen MR) is 71.8 cm³/mol. The molecule has 1 rings (SSSR count). The van der Waals surface area contributed by atoms with Crippen LogP contribution in [0.25, 0.3) is 0 Å². The van der Waals surface area contributed by atoms with Gasteiger partial charge in [-0.25, -0.2) is 4.98 Å². The summed E-state index contributed by atoms with van der Waals surface area (Å²) in [6, 6.07) is 0. The van der Waals surface area contributed by atoms with Crippen molar-refractivity contribution < 1.29 is 9.59 Å². The summed E-state index contributed by atoms with van der Waals surface area (Å²) in [5.41, 5.74) is 0.407. The van der Waals surface area contributed by atoms with E-state index in [4.69, 9.17) is 0 Å². The van der Waals surface area contributed by atoms with E-state index in [0.717, 1.165) is 5.01 Å². The molecule has 0 bridgehead atoms. The van der Waals surface area contributed by atoms with Gasteiger partial charge in [-0.3, -0.25) is 9.59 Å². The Bertz CT molecular complexity index is 460. The van der Waals surface area contributed by atoms with Gasteiger partial charge in [-0.15, -0.1) is 11.3 Å². The standard InChI is InChI=1S/C12H19N3O2S/c1-7-10(18-8(2)14-7)11(17)13-6-9(16)15-12(3,4)5/h6H2,1-5H3,(H,13,17)(H,15,16). The highest BCUT2D eigenvalue weighted by molar-refractivity contribution is 7.13. The molecule has 0 spiro atoms. The smallest absolute Gasteiger partial charge is 0.263 e. The lowest BCUT2D eigenvalue weighted by Crippen LogP contribution is -2.45. The van der Waals surface area contributed by atoms with Crippen LogP contribution in [0.4, 0.5) is 0 Å². The van der Waals surface area contributed by atoms with Crippen LogP contribution in [0.15, 0.2) is 0 Å². The predicted octanol–water partition coefficient (Wildman–Crippen LogP) is 1.40. The molecule has 0 aliphatic carbocycles. The number of hydrogen-bond donors (Lipinski definition) is 2. The fraction of sp³-hybridized carbons (Fsp3) is 0.583. The number of nitrogens with zero attached hydrogens (tertiary/aromatic N) is 1. The Morgan fingerprint density at radius 3 is 2.33 bits per heavy atom. The van der Waals surface area contributed by atoms with Crippen LogP contribution in [0.1, 0.15) is 41.1 Å². The van der Waals surface area contributed by atoms with Crippen molar-refractivity contribution >= 4 is 23.2 Å². The van der Waals surface area contributed by atoms with Gasteiger partial charge in [0.05, 0.1) is 17.2 Å². The summed E-state index contributed by atoms with van der Waals surface area (Å²) in [7, 11) is 0. The number of carbonyl (C=O) groups is 2. The van der Waals surface area contributed by atoms with Crippen LogP contribution in [0.3, 0.4) is 0 Å². The van der Waals surface area contributed by atoms with E-state index in [1.165, 1.54) is 11.3 Å². The molecule has 0 saturated heterocycles. The lowest BCUT2D eigenvalue weighted by molar-refractivity contribution is -0.121. The Morgan fingerprint density at radius 2 is 1.89 bits per heavy atom. The fourth-order valence-corrected chi connectivity index (χ4v) is 2.28. The minimum absolute atomic E-state index is 0.0213. The van der Waals surface area contributed by atoms with Crippen LogP contribution in [0, 0.1) is 13.8 Å². The topological polar surface area (TPSA) is 71.1 Å². The summed E-state index contributed by atoms with van der Waals surface area (Å²) < 4.78 is 0. The second-order valence-corrected chi connectivity index (χ2v) is 6.33. The Labute approximate surface area is 111 Å². The van der Waals surface area contributed by atoms with Crippen molar-refractivity contribution in [2.45, 2.75) is 40.2 Å². The van der Waals surface area contributed by atoms with Gasteiger partial charge in [0.2, 0.25) is 5.91 Å². The first-order valence-electron chi connectivity index (χ1n) is 5.72. The van der Waals surface area contributed by atoms with Crippen LogP contribution in [-0.2, 0) is 4.79 Å². The SMILES string of the molecule is Cc1nc(C)c(C(=O)NCC(=O)NC(C)(C)C)s1. The zero-order chi connectivity index (χ0) is 13.9. The molecule has 2 N–H and O–H groups in total. The first-order chi connectivity index (χ1) is 8.19. The van der Waals surface area contributed by atoms with E-state index < -0.39 is 0 Å². The minimum atomic E-state index is -0.293. The average Bonchev–Trinajstić information content (AvgIpc) is 2.52. The summed E-state index contributed by atoms with van der Waals surface area (Å²) in [6.07, 6.45) is 0. The van der Waals surface area contributed by atoms with Gasteiger partial charge in [0.1, 0.15) is 4.88 Å². The van der Waals surface area contributed by atoms with Crippen LogP contribution >= 0.6 is 11.3 Å². The van der Waals surface area contributed by atoms with Gasteiger partial charge in [-0.2, -0.15) is 0 Å². The first kappa shape index (κ1) is 14.6. The summed E-state index contributed by atoms with van der Waals surface area (Å²) in [6.45, 7) is 9.29. The van der Waals surface area contributed by atoms with Crippen molar-refractivity contribution in [3.63, 3.8) is 0 Å². The van der Waals surface area contributed by atoms with E-state index >= 15 is 0 Å². The number of aryl methyl sites for hydroxylation is 2. The van der Waals surface area contributed by atoms with Crippen molar-refractivity contribution in [3.8, 4) is 0 Å². The molecule has 0 radical (unpaired) electrons. The highest BCUT2D eigenvalue weighted by Crippen LogP contribution is 2.16. The fourth-order valence-electron chi connectivity index (χ4n) is 1.45. The maximum absolute atomic E-state index is 11.8. The van der Waals surface area contributed by atoms with E-state index in [-0.39, 0.29) is 23.9 Å². The second-order valence-electron chi connectivity index (χ2n) is 5.13. The summed E-state index contributed by atoms with van der Waals surface area (Å²) in [5, 5.41) is 6.22. The lowest BCUT2D eigenvalue weighted by Gasteiger charge is -2.20. The third-order valence-electron chi connectivity index (χ3n) is 2.03. The van der Waals surface area contributed by atoms with E-state index in [0.29, 0.717) is 10.6 Å². The highest BCUT2D eigenvalue weighted by atomic mass is 32.1. The largest absolute Gasteiger partial charge is 0.350 e. The van der Waals surface area contributed by atoms with Gasteiger partial charge in [-0.05, 0) is 34.6 Å². The Hall–Kier alpha value is -1.43. The van der Waals surface area contributed by atoms with Gasteiger partial charge >= 0.3 is 0 Å². The molecule has 0 aliphatic rings. The molecule has 2 amide bonds. The first-order valence-corrected chi connectivity index (χ1v) is 6.54. The number of carbonyl (C=O) groups excluding carboxylic acids is 2. The maximum Gasteiger partial charge on any atom is 0.263 e. The quantitative estimate of drug-likeness (QED) is 0.871. The van der Waals surface area contributed by atoms with Crippen LogP contribution in [0.5, 0.6) is 0 Å². The van der Waals surface area contributed by atoms with E-state index in [1.54, 1.807) is 6.92 Å². The molecule has 0 fully saturated rings. The van der Waals surface area contributed by atoms with Crippen LogP contribution in [-0.4, -0.2) is 28.9 Å². The molecule has 5 nitrogen and oxygen atoms in total. The molecule has 0 atom stereocenters. The maximum atomic E-state index is 11.8. The molecule has 6 heteroatoms. The lowest BCUT2D eigenvalue weighted by atomic mass is 10.1. The van der Waals surface area contributed by atoms with Crippen molar-refractivity contribution in [2.24, 2.45) is 0 Å². The van der Waals surface area contributed by atoms with Gasteiger partial charge < -0.3 is 10.6 Å². The van der Waals surface area contributed by atoms with E-state index in [2.05, 4.69) is 15.6 Å². The molecule has 0 aliphatic heterocycles. The molecule has 0 unspecified atom stereocenters. The summed E-state index contributed by atoms with van der Waals surface area (Å²) in [4.78, 5) is 28.1. The normalized spacial score (nSPS) is 11.2. The highest BCUT2D eigenvalue weighted by Gasteiger charge is 2.17. The zero-order valence-electron chi connectivity index (χ0n) is 11.4. The summed E-state index contributed by atoms with van der Waals surface area (Å²) >= 11 is 1.33. The van der Waals surface area contributed by atoms with Crippen LogP contribution in [0.2, 0.25) is 0 Å². The van der Waals surface area contributed by atoms with Crippen molar-refractivity contribution in [3.05, 3.63) is 15.6 Å². The number of aromatic nitrogens is 1. The van der Waals surface area contributed by atoms with Gasteiger partial charge in [0.25, 0.3) is 5.91 Å². The number of rotatable bonds is 3. The number of hydrogen-bond acceptors (Lipinski definition) is 4. The Balaban J connectivity index is 2.52. The molecule has 0 aromatic carbocycles. The van der Waals surface area contributed by atoms with E-state index in [1.807, 2.05) is 27.7 Å². The van der Waals surface area contributed by atoms with Crippen molar-refractivity contribution in [1.82, 2.24) is 15.6 Å². The third kappa shape index (κ3) is 4.44. The average molecular weight is 269 g/mol. The molecule has 100 valence electrons. The number of amides is 2. The molecule has 1 heterocycles. The van der Waals surface area contributed by atoms with Crippen LogP contribution < -0.4 is 10.6 Å². The van der Waals surface area contributed by atoms with E-state index in [9.17, 15) is 9.59 Å². The molecular formula is C12H19N3O2S. The molecular weight excluding hydrogens is 250 g/mol. The Kier molecular flexibility index (Phi) is 4.45. The number of thiazole rings is 1. The zero-order valence-corrected chi connectivity index (χ0v) is 12.2. The molecule has 0 saturated carbocycles. The Morgan fingerprint density at radius 1 is 1.28 bits per heavy atom. The molecule has 1 aromatic rings.